The van der Waals surface area contributed by atoms with Gasteiger partial charge in [-0.15, -0.1) is 10.2 Å². The zero-order valence-electron chi connectivity index (χ0n) is 13.8. The summed E-state index contributed by atoms with van der Waals surface area (Å²) in [6.45, 7) is 0. The largest absolute Gasteiger partial charge is 1.00 e. The van der Waals surface area contributed by atoms with Gasteiger partial charge in [0.1, 0.15) is 16.3 Å². The van der Waals surface area contributed by atoms with Gasteiger partial charge in [-0.25, -0.2) is 0 Å². The minimum Gasteiger partial charge on any atom is -1.00 e. The molecule has 0 heterocycles. The molecule has 0 bridgehead atoms. The van der Waals surface area contributed by atoms with E-state index in [2.05, 4.69) is 10.2 Å². The number of nitrogens with zero attached hydrogens (tertiary/aromatic N) is 2. The molecule has 0 amide bonds. The average molecular weight is 352 g/mol. The quantitative estimate of drug-likeness (QED) is 0.422. The first-order valence-corrected chi connectivity index (χ1v) is 8.10. The Morgan fingerprint density at radius 1 is 0.792 bits per heavy atom. The van der Waals surface area contributed by atoms with Crippen LogP contribution in [-0.4, -0.2) is 18.1 Å². The van der Waals surface area contributed by atoms with Gasteiger partial charge in [0.15, 0.2) is 0 Å². The Bertz CT molecular complexity index is 1030. The molecule has 0 unspecified atom stereocenters. The van der Waals surface area contributed by atoms with Crippen LogP contribution in [-0.2, 0) is 10.1 Å². The standard InChI is InChI=1S/C16H12N2O4S.Na.H/c19-15-10-9-13(11-5-1-2-6-12(11)15)17-18-14-7-3-4-8-16(14)23(20,21)22;;/h1-10,19H,(H,20,21,22);;/q;+1;-1. The molecule has 3 aromatic carbocycles. The second kappa shape index (κ2) is 7.42. The average Bonchev–Trinajstić information content (AvgIpc) is 2.54. The van der Waals surface area contributed by atoms with Crippen LogP contribution in [0.15, 0.2) is 75.8 Å². The van der Waals surface area contributed by atoms with Crippen LogP contribution in [0.4, 0.5) is 11.4 Å². The third-order valence-electron chi connectivity index (χ3n) is 3.29. The van der Waals surface area contributed by atoms with Gasteiger partial charge in [0, 0.05) is 10.8 Å². The maximum Gasteiger partial charge on any atom is 1.00 e. The Morgan fingerprint density at radius 2 is 1.38 bits per heavy atom. The van der Waals surface area contributed by atoms with Gasteiger partial charge >= 0.3 is 29.6 Å². The van der Waals surface area contributed by atoms with Crippen molar-refractivity contribution in [2.45, 2.75) is 4.90 Å². The van der Waals surface area contributed by atoms with E-state index in [1.165, 1.54) is 24.3 Å². The first-order valence-electron chi connectivity index (χ1n) is 6.66. The zero-order chi connectivity index (χ0) is 16.4. The number of phenols is 1. The fourth-order valence-corrected chi connectivity index (χ4v) is 2.84. The molecule has 0 aliphatic rings. The predicted octanol–water partition coefficient (Wildman–Crippen LogP) is 1.32. The van der Waals surface area contributed by atoms with E-state index in [-0.39, 0.29) is 47.3 Å². The Labute approximate surface area is 162 Å². The summed E-state index contributed by atoms with van der Waals surface area (Å²) in [5.74, 6) is 0.123. The van der Waals surface area contributed by atoms with Crippen LogP contribution in [0.1, 0.15) is 1.43 Å². The number of hydrogen-bond donors (Lipinski definition) is 2. The van der Waals surface area contributed by atoms with Crippen molar-refractivity contribution in [1.82, 2.24) is 0 Å². The van der Waals surface area contributed by atoms with Crippen LogP contribution in [0.5, 0.6) is 5.75 Å². The van der Waals surface area contributed by atoms with E-state index < -0.39 is 10.1 Å². The van der Waals surface area contributed by atoms with Crippen LogP contribution in [0, 0.1) is 0 Å². The summed E-state index contributed by atoms with van der Waals surface area (Å²) in [6.07, 6.45) is 0. The van der Waals surface area contributed by atoms with E-state index in [9.17, 15) is 18.1 Å². The first kappa shape index (κ1) is 18.6. The van der Waals surface area contributed by atoms with Gasteiger partial charge in [0.05, 0.1) is 5.69 Å². The van der Waals surface area contributed by atoms with Crippen molar-refractivity contribution >= 4 is 32.3 Å². The summed E-state index contributed by atoms with van der Waals surface area (Å²) in [5.41, 5.74) is 0.510. The number of hydrogen-bond acceptors (Lipinski definition) is 5. The normalized spacial score (nSPS) is 11.5. The van der Waals surface area contributed by atoms with Crippen molar-refractivity contribution in [3.8, 4) is 5.75 Å². The molecule has 0 saturated carbocycles. The fraction of sp³-hybridized carbons (Fsp3) is 0. The molecule has 24 heavy (non-hydrogen) atoms. The third-order valence-corrected chi connectivity index (χ3v) is 4.19. The number of aromatic hydroxyl groups is 1. The molecule has 2 N–H and O–H groups in total. The summed E-state index contributed by atoms with van der Waals surface area (Å²) in [6, 6.07) is 15.9. The first-order chi connectivity index (χ1) is 11.0. The van der Waals surface area contributed by atoms with E-state index in [0.717, 1.165) is 0 Å². The summed E-state index contributed by atoms with van der Waals surface area (Å²) < 4.78 is 31.9. The number of azo groups is 1. The van der Waals surface area contributed by atoms with Gasteiger partial charge in [0.2, 0.25) is 0 Å². The molecule has 118 valence electrons. The minimum absolute atomic E-state index is 0. The number of phenolic OH excluding ortho intramolecular Hbond substituents is 1. The van der Waals surface area contributed by atoms with E-state index >= 15 is 0 Å². The molecule has 0 saturated heterocycles. The number of fused-ring (bicyclic) bond motifs is 1. The smallest absolute Gasteiger partial charge is 1.00 e. The van der Waals surface area contributed by atoms with Gasteiger partial charge in [-0.1, -0.05) is 36.4 Å². The van der Waals surface area contributed by atoms with Gasteiger partial charge in [-0.05, 0) is 24.3 Å². The van der Waals surface area contributed by atoms with Crippen molar-refractivity contribution in [2.24, 2.45) is 10.2 Å². The third kappa shape index (κ3) is 3.82. The molecule has 0 aromatic heterocycles. The molecule has 8 heteroatoms. The molecule has 0 aliphatic carbocycles. The second-order valence-electron chi connectivity index (χ2n) is 4.79. The molecule has 3 aromatic rings. The Hall–Kier alpha value is -1.77. The van der Waals surface area contributed by atoms with Crippen molar-refractivity contribution in [3.63, 3.8) is 0 Å². The summed E-state index contributed by atoms with van der Waals surface area (Å²) in [5, 5.41) is 19.1. The van der Waals surface area contributed by atoms with Crippen molar-refractivity contribution < 1.29 is 49.1 Å². The molecule has 0 radical (unpaired) electrons. The summed E-state index contributed by atoms with van der Waals surface area (Å²) in [4.78, 5) is -0.313. The van der Waals surface area contributed by atoms with Gasteiger partial charge in [0.25, 0.3) is 10.1 Å². The molecule has 0 atom stereocenters. The van der Waals surface area contributed by atoms with Crippen LogP contribution in [0.2, 0.25) is 0 Å². The number of benzene rings is 3. The van der Waals surface area contributed by atoms with Crippen LogP contribution >= 0.6 is 0 Å². The molecule has 3 rings (SSSR count). The second-order valence-corrected chi connectivity index (χ2v) is 6.18. The van der Waals surface area contributed by atoms with Crippen molar-refractivity contribution in [3.05, 3.63) is 60.7 Å². The Kier molecular flexibility index (Phi) is 5.74. The Morgan fingerprint density at radius 3 is 2.08 bits per heavy atom. The fourth-order valence-electron chi connectivity index (χ4n) is 2.22. The molecule has 0 spiro atoms. The summed E-state index contributed by atoms with van der Waals surface area (Å²) in [7, 11) is -4.38. The Balaban J connectivity index is 0.00000156. The van der Waals surface area contributed by atoms with E-state index in [4.69, 9.17) is 0 Å². The van der Waals surface area contributed by atoms with Crippen LogP contribution in [0.25, 0.3) is 10.8 Å². The zero-order valence-corrected chi connectivity index (χ0v) is 15.6. The van der Waals surface area contributed by atoms with Crippen molar-refractivity contribution in [2.75, 3.05) is 0 Å². The van der Waals surface area contributed by atoms with Gasteiger partial charge in [-0.2, -0.15) is 8.42 Å². The SMILES string of the molecule is O=S(=O)(O)c1ccccc1N=Nc1ccc(O)c2ccccc12.[H-].[Na+]. The van der Waals surface area contributed by atoms with Crippen LogP contribution in [0.3, 0.4) is 0 Å². The molecular formula is C16H13N2NaO4S. The maximum atomic E-state index is 11.3. The van der Waals surface area contributed by atoms with E-state index in [0.29, 0.717) is 16.5 Å². The molecule has 0 fully saturated rings. The molecular weight excluding hydrogens is 339 g/mol. The monoisotopic (exact) mass is 352 g/mol. The molecule has 0 aliphatic heterocycles. The number of rotatable bonds is 3. The van der Waals surface area contributed by atoms with Gasteiger partial charge in [-0.3, -0.25) is 4.55 Å². The molecule has 6 nitrogen and oxygen atoms in total. The van der Waals surface area contributed by atoms with Crippen molar-refractivity contribution in [1.29, 1.82) is 0 Å². The maximum absolute atomic E-state index is 11.3. The summed E-state index contributed by atoms with van der Waals surface area (Å²) >= 11 is 0. The van der Waals surface area contributed by atoms with Gasteiger partial charge < -0.3 is 6.53 Å². The van der Waals surface area contributed by atoms with Crippen LogP contribution < -0.4 is 29.6 Å². The minimum atomic E-state index is -4.38. The topological polar surface area (TPSA) is 99.3 Å². The van der Waals surface area contributed by atoms with E-state index in [1.54, 1.807) is 36.4 Å². The predicted molar refractivity (Wildman–Crippen MR) is 87.2 cm³/mol. The van der Waals surface area contributed by atoms with E-state index in [1.807, 2.05) is 0 Å².